The summed E-state index contributed by atoms with van der Waals surface area (Å²) >= 11 is 0. The van der Waals surface area contributed by atoms with Crippen LogP contribution in [0.3, 0.4) is 0 Å². The molecule has 1 aromatic rings. The molecule has 3 heterocycles. The van der Waals surface area contributed by atoms with Gasteiger partial charge in [-0.05, 0) is 31.4 Å². The molecule has 1 unspecified atom stereocenters. The number of alkyl halides is 3. The molecule has 0 aromatic carbocycles. The number of likely N-dealkylation sites (tertiary alicyclic amines) is 1. The summed E-state index contributed by atoms with van der Waals surface area (Å²) in [5, 5.41) is 7.12. The molecule has 7 nitrogen and oxygen atoms in total. The third kappa shape index (κ3) is 4.42. The van der Waals surface area contributed by atoms with Crippen LogP contribution in [0, 0.1) is 11.3 Å². The van der Waals surface area contributed by atoms with E-state index in [1.807, 2.05) is 21.9 Å². The first kappa shape index (κ1) is 20.1. The zero-order valence-corrected chi connectivity index (χ0v) is 15.0. The largest absolute Gasteiger partial charge is 0.490 e. The molecule has 2 saturated heterocycles. The van der Waals surface area contributed by atoms with E-state index < -0.39 is 12.1 Å². The van der Waals surface area contributed by atoms with Crippen molar-refractivity contribution in [3.05, 3.63) is 24.5 Å². The van der Waals surface area contributed by atoms with E-state index in [0.717, 1.165) is 38.0 Å². The second kappa shape index (κ2) is 7.40. The number of pyridine rings is 1. The number of halogens is 3. The fourth-order valence-electron chi connectivity index (χ4n) is 3.63. The Kier molecular flexibility index (Phi) is 5.31. The summed E-state index contributed by atoms with van der Waals surface area (Å²) in [5.74, 6) is -2.03. The van der Waals surface area contributed by atoms with Crippen molar-refractivity contribution in [3.8, 4) is 0 Å². The number of carbonyl (C=O) groups excluding carboxylic acids is 2. The first-order valence-electron chi connectivity index (χ1n) is 8.91. The van der Waals surface area contributed by atoms with Gasteiger partial charge in [0.1, 0.15) is 0 Å². The molecule has 3 fully saturated rings. The van der Waals surface area contributed by atoms with Gasteiger partial charge in [0.2, 0.25) is 11.8 Å². The molecule has 1 N–H and O–H groups in total. The van der Waals surface area contributed by atoms with Crippen molar-refractivity contribution in [2.24, 2.45) is 11.3 Å². The van der Waals surface area contributed by atoms with Crippen molar-refractivity contribution in [1.82, 2.24) is 9.88 Å². The standard InChI is InChI=1S/C16H19N3O2.C2HF3O2/c20-14-8-16(11-19(14)13-2-1-6-17-9-13)5-7-18(10-16)15(21)12-3-4-12;3-2(4,5)1(6)7/h1-2,6,9,12H,3-5,7-8,10-11H2;(H,6,7). The van der Waals surface area contributed by atoms with Crippen LogP contribution in [-0.4, -0.2) is 58.6 Å². The zero-order chi connectivity index (χ0) is 20.5. The highest BCUT2D eigenvalue weighted by Crippen LogP contribution is 2.43. The first-order valence-corrected chi connectivity index (χ1v) is 8.91. The molecule has 1 aliphatic carbocycles. The zero-order valence-electron chi connectivity index (χ0n) is 15.0. The predicted octanol–water partition coefficient (Wildman–Crippen LogP) is 2.08. The van der Waals surface area contributed by atoms with Crippen molar-refractivity contribution >= 4 is 23.5 Å². The highest BCUT2D eigenvalue weighted by Gasteiger charge is 2.50. The third-order valence-corrected chi connectivity index (χ3v) is 5.20. The van der Waals surface area contributed by atoms with Gasteiger partial charge in [-0.15, -0.1) is 0 Å². The molecular weight excluding hydrogens is 379 g/mol. The number of nitrogens with zero attached hydrogens (tertiary/aromatic N) is 3. The van der Waals surface area contributed by atoms with Crippen molar-refractivity contribution in [2.75, 3.05) is 24.5 Å². The Balaban J connectivity index is 0.000000279. The van der Waals surface area contributed by atoms with Crippen LogP contribution < -0.4 is 4.90 Å². The van der Waals surface area contributed by atoms with E-state index in [2.05, 4.69) is 4.98 Å². The number of hydrogen-bond donors (Lipinski definition) is 1. The normalized spacial score (nSPS) is 24.3. The number of carboxylic acids is 1. The molecule has 10 heteroatoms. The Morgan fingerprint density at radius 2 is 1.93 bits per heavy atom. The van der Waals surface area contributed by atoms with Crippen LogP contribution >= 0.6 is 0 Å². The summed E-state index contributed by atoms with van der Waals surface area (Å²) in [6.07, 6.45) is 1.95. The number of carbonyl (C=O) groups is 3. The molecule has 1 aromatic heterocycles. The predicted molar refractivity (Wildman–Crippen MR) is 91.3 cm³/mol. The Bertz CT molecular complexity index is 767. The molecule has 28 heavy (non-hydrogen) atoms. The van der Waals surface area contributed by atoms with Crippen LogP contribution in [0.25, 0.3) is 0 Å². The summed E-state index contributed by atoms with van der Waals surface area (Å²) in [6, 6.07) is 3.77. The summed E-state index contributed by atoms with van der Waals surface area (Å²) in [7, 11) is 0. The molecule has 1 atom stereocenters. The smallest absolute Gasteiger partial charge is 0.475 e. The van der Waals surface area contributed by atoms with Gasteiger partial charge in [0, 0.05) is 43.6 Å². The summed E-state index contributed by atoms with van der Waals surface area (Å²) in [4.78, 5) is 41.4. The lowest BCUT2D eigenvalue weighted by Crippen LogP contribution is -2.34. The van der Waals surface area contributed by atoms with Crippen molar-refractivity contribution in [1.29, 1.82) is 0 Å². The number of rotatable bonds is 2. The molecule has 3 aliphatic rings. The molecule has 2 amide bonds. The van der Waals surface area contributed by atoms with E-state index in [1.54, 1.807) is 12.4 Å². The van der Waals surface area contributed by atoms with Crippen LogP contribution in [0.15, 0.2) is 24.5 Å². The van der Waals surface area contributed by atoms with Gasteiger partial charge in [-0.1, -0.05) is 0 Å². The lowest BCUT2D eigenvalue weighted by molar-refractivity contribution is -0.192. The minimum atomic E-state index is -5.08. The number of amides is 2. The minimum Gasteiger partial charge on any atom is -0.475 e. The van der Waals surface area contributed by atoms with Gasteiger partial charge in [0.15, 0.2) is 0 Å². The summed E-state index contributed by atoms with van der Waals surface area (Å²) in [5.41, 5.74) is 0.823. The van der Waals surface area contributed by atoms with Gasteiger partial charge in [0.05, 0.1) is 11.9 Å². The highest BCUT2D eigenvalue weighted by atomic mass is 19.4. The Morgan fingerprint density at radius 1 is 1.25 bits per heavy atom. The highest BCUT2D eigenvalue weighted by molar-refractivity contribution is 5.96. The quantitative estimate of drug-likeness (QED) is 0.822. The van der Waals surface area contributed by atoms with Crippen molar-refractivity contribution in [3.63, 3.8) is 0 Å². The third-order valence-electron chi connectivity index (χ3n) is 5.20. The van der Waals surface area contributed by atoms with Crippen LogP contribution in [0.5, 0.6) is 0 Å². The second-order valence-electron chi connectivity index (χ2n) is 7.45. The number of aromatic nitrogens is 1. The van der Waals surface area contributed by atoms with Crippen molar-refractivity contribution < 1.29 is 32.7 Å². The molecule has 1 spiro atoms. The summed E-state index contributed by atoms with van der Waals surface area (Å²) in [6.45, 7) is 2.26. The van der Waals surface area contributed by atoms with E-state index >= 15 is 0 Å². The van der Waals surface area contributed by atoms with Gasteiger partial charge < -0.3 is 14.9 Å². The average Bonchev–Trinajstić information content (AvgIpc) is 3.34. The Hall–Kier alpha value is -2.65. The van der Waals surface area contributed by atoms with Crippen LogP contribution in [-0.2, 0) is 14.4 Å². The van der Waals surface area contributed by atoms with E-state index in [0.29, 0.717) is 18.9 Å². The van der Waals surface area contributed by atoms with Crippen molar-refractivity contribution in [2.45, 2.75) is 31.9 Å². The molecule has 1 saturated carbocycles. The lowest BCUT2D eigenvalue weighted by Gasteiger charge is -2.24. The molecular formula is C18H20F3N3O4. The van der Waals surface area contributed by atoms with Crippen LogP contribution in [0.1, 0.15) is 25.7 Å². The van der Waals surface area contributed by atoms with E-state index in [9.17, 15) is 22.8 Å². The monoisotopic (exact) mass is 399 g/mol. The van der Waals surface area contributed by atoms with Gasteiger partial charge in [-0.3, -0.25) is 14.6 Å². The van der Waals surface area contributed by atoms with Crippen LogP contribution in [0.2, 0.25) is 0 Å². The number of anilines is 1. The number of hydrogen-bond acceptors (Lipinski definition) is 4. The second-order valence-corrected chi connectivity index (χ2v) is 7.45. The number of aliphatic carboxylic acids is 1. The fourth-order valence-corrected chi connectivity index (χ4v) is 3.63. The average molecular weight is 399 g/mol. The van der Waals surface area contributed by atoms with E-state index in [4.69, 9.17) is 9.90 Å². The molecule has 152 valence electrons. The molecule has 2 aliphatic heterocycles. The van der Waals surface area contributed by atoms with Gasteiger partial charge >= 0.3 is 12.1 Å². The van der Waals surface area contributed by atoms with Crippen LogP contribution in [0.4, 0.5) is 18.9 Å². The topological polar surface area (TPSA) is 90.8 Å². The Morgan fingerprint density at radius 3 is 2.46 bits per heavy atom. The van der Waals surface area contributed by atoms with Gasteiger partial charge in [-0.2, -0.15) is 13.2 Å². The summed E-state index contributed by atoms with van der Waals surface area (Å²) < 4.78 is 31.7. The van der Waals surface area contributed by atoms with E-state index in [-0.39, 0.29) is 17.2 Å². The number of carboxylic acid groups (broad SMARTS) is 1. The molecule has 0 bridgehead atoms. The minimum absolute atomic E-state index is 0.0442. The molecule has 0 radical (unpaired) electrons. The maximum absolute atomic E-state index is 12.4. The molecule has 4 rings (SSSR count). The maximum Gasteiger partial charge on any atom is 0.490 e. The van der Waals surface area contributed by atoms with Gasteiger partial charge in [-0.25, -0.2) is 4.79 Å². The Labute approximate surface area is 159 Å². The lowest BCUT2D eigenvalue weighted by atomic mass is 9.86. The fraction of sp³-hybridized carbons (Fsp3) is 0.556. The van der Waals surface area contributed by atoms with E-state index in [1.165, 1.54) is 0 Å². The maximum atomic E-state index is 12.4. The first-order chi connectivity index (χ1) is 13.1. The van der Waals surface area contributed by atoms with Gasteiger partial charge in [0.25, 0.3) is 0 Å². The SMILES string of the molecule is O=C(C1CC1)N1CCC2(CC(=O)N(c3cccnc3)C2)C1.O=C(O)C(F)(F)F.